The second-order valence-corrected chi connectivity index (χ2v) is 4.61. The van der Waals surface area contributed by atoms with Gasteiger partial charge < -0.3 is 14.8 Å². The molecule has 20 heavy (non-hydrogen) atoms. The quantitative estimate of drug-likeness (QED) is 0.840. The van der Waals surface area contributed by atoms with Gasteiger partial charge in [0.2, 0.25) is 0 Å². The highest BCUT2D eigenvalue weighted by Crippen LogP contribution is 2.27. The molecule has 2 aromatic heterocycles. The summed E-state index contributed by atoms with van der Waals surface area (Å²) in [6.07, 6.45) is 4.41. The summed E-state index contributed by atoms with van der Waals surface area (Å²) < 4.78 is 10.8. The van der Waals surface area contributed by atoms with Crippen LogP contribution in [0.1, 0.15) is 23.9 Å². The summed E-state index contributed by atoms with van der Waals surface area (Å²) in [7, 11) is 1.56. The molecule has 0 aliphatic carbocycles. The van der Waals surface area contributed by atoms with E-state index in [0.717, 1.165) is 24.4 Å². The second-order valence-electron chi connectivity index (χ2n) is 4.61. The number of nitrogens with zero attached hydrogens (tertiary/aromatic N) is 3. The van der Waals surface area contributed by atoms with Gasteiger partial charge in [0.1, 0.15) is 6.10 Å². The molecule has 0 aromatic carbocycles. The van der Waals surface area contributed by atoms with E-state index in [-0.39, 0.29) is 12.1 Å². The van der Waals surface area contributed by atoms with E-state index in [2.05, 4.69) is 25.5 Å². The molecule has 0 amide bonds. The summed E-state index contributed by atoms with van der Waals surface area (Å²) in [5.41, 5.74) is 1.90. The lowest BCUT2D eigenvalue weighted by Gasteiger charge is -2.18. The topological polar surface area (TPSA) is 85.0 Å². The maximum absolute atomic E-state index is 5.75. The minimum atomic E-state index is 0.0150. The predicted octanol–water partition coefficient (Wildman–Crippen LogP) is 0.828. The predicted molar refractivity (Wildman–Crippen MR) is 71.1 cm³/mol. The first-order valence-electron chi connectivity index (χ1n) is 6.57. The Labute approximate surface area is 116 Å². The molecule has 7 heteroatoms. The van der Waals surface area contributed by atoms with Crippen molar-refractivity contribution < 1.29 is 9.47 Å². The monoisotopic (exact) mass is 275 g/mol. The molecule has 1 saturated heterocycles. The summed E-state index contributed by atoms with van der Waals surface area (Å²) in [6.45, 7) is 1.39. The number of methoxy groups -OCH3 is 1. The molecule has 1 aliphatic rings. The van der Waals surface area contributed by atoms with Crippen molar-refractivity contribution in [2.75, 3.05) is 13.7 Å². The highest BCUT2D eigenvalue weighted by Gasteiger charge is 2.30. The molecule has 2 aromatic rings. The fourth-order valence-corrected chi connectivity index (χ4v) is 2.34. The first-order valence-corrected chi connectivity index (χ1v) is 6.57. The molecule has 0 bridgehead atoms. The first-order chi connectivity index (χ1) is 9.86. The van der Waals surface area contributed by atoms with Crippen LogP contribution in [0.5, 0.6) is 6.01 Å². The summed E-state index contributed by atoms with van der Waals surface area (Å²) in [5, 5.41) is 10.4. The number of H-pyrrole nitrogens is 1. The van der Waals surface area contributed by atoms with Crippen LogP contribution in [0.3, 0.4) is 0 Å². The molecule has 0 saturated carbocycles. The largest absolute Gasteiger partial charge is 0.467 e. The van der Waals surface area contributed by atoms with Gasteiger partial charge in [-0.25, -0.2) is 4.98 Å². The molecule has 1 fully saturated rings. The van der Waals surface area contributed by atoms with Gasteiger partial charge in [-0.05, 0) is 18.6 Å². The Balaban J connectivity index is 1.62. The van der Waals surface area contributed by atoms with Crippen molar-refractivity contribution in [1.29, 1.82) is 0 Å². The third-order valence-corrected chi connectivity index (χ3v) is 3.34. The number of aromatic nitrogens is 4. The molecular formula is C13H17N5O2. The van der Waals surface area contributed by atoms with Crippen molar-refractivity contribution >= 4 is 0 Å². The summed E-state index contributed by atoms with van der Waals surface area (Å²) in [6, 6.07) is 4.45. The summed E-state index contributed by atoms with van der Waals surface area (Å²) in [4.78, 5) is 8.28. The average molecular weight is 275 g/mol. The molecule has 3 rings (SSSR count). The van der Waals surface area contributed by atoms with Crippen LogP contribution in [0.4, 0.5) is 0 Å². The lowest BCUT2D eigenvalue weighted by atomic mass is 10.1. The number of ether oxygens (including phenoxy) is 2. The molecule has 106 valence electrons. The van der Waals surface area contributed by atoms with Gasteiger partial charge >= 0.3 is 6.01 Å². The van der Waals surface area contributed by atoms with Gasteiger partial charge in [-0.1, -0.05) is 0 Å². The molecule has 2 atom stereocenters. The molecule has 0 spiro atoms. The van der Waals surface area contributed by atoms with Crippen LogP contribution in [0.25, 0.3) is 0 Å². The molecule has 2 N–H and O–H groups in total. The summed E-state index contributed by atoms with van der Waals surface area (Å²) in [5.74, 6) is 0. The van der Waals surface area contributed by atoms with Gasteiger partial charge in [-0.2, -0.15) is 10.1 Å². The van der Waals surface area contributed by atoms with Gasteiger partial charge in [0.25, 0.3) is 0 Å². The molecule has 0 unspecified atom stereocenters. The zero-order chi connectivity index (χ0) is 13.8. The van der Waals surface area contributed by atoms with Crippen LogP contribution >= 0.6 is 0 Å². The van der Waals surface area contributed by atoms with Crippen LogP contribution < -0.4 is 10.1 Å². The maximum atomic E-state index is 5.75. The van der Waals surface area contributed by atoms with Crippen molar-refractivity contribution in [3.05, 3.63) is 35.9 Å². The van der Waals surface area contributed by atoms with Gasteiger partial charge in [0.15, 0.2) is 0 Å². The average Bonchev–Trinajstić information content (AvgIpc) is 3.16. The van der Waals surface area contributed by atoms with E-state index in [9.17, 15) is 0 Å². The Kier molecular flexibility index (Phi) is 3.89. The van der Waals surface area contributed by atoms with Crippen molar-refractivity contribution in [2.24, 2.45) is 0 Å². The Bertz CT molecular complexity index is 545. The van der Waals surface area contributed by atoms with Gasteiger partial charge in [0.05, 0.1) is 18.5 Å². The Morgan fingerprint density at radius 2 is 2.40 bits per heavy atom. The molecule has 3 heterocycles. The third kappa shape index (κ3) is 2.78. The summed E-state index contributed by atoms with van der Waals surface area (Å²) >= 11 is 0. The van der Waals surface area contributed by atoms with E-state index < -0.39 is 0 Å². The highest BCUT2D eigenvalue weighted by molar-refractivity contribution is 5.09. The molecule has 1 aliphatic heterocycles. The third-order valence-electron chi connectivity index (χ3n) is 3.34. The Hall–Kier alpha value is -1.99. The normalized spacial score (nSPS) is 22.1. The lowest BCUT2D eigenvalue weighted by Crippen LogP contribution is -2.31. The SMILES string of the molecule is COc1nccc(CN[C@H]2CCO[C@@H]2c2ccn[nH]2)n1. The highest BCUT2D eigenvalue weighted by atomic mass is 16.5. The van der Waals surface area contributed by atoms with E-state index >= 15 is 0 Å². The van der Waals surface area contributed by atoms with E-state index in [1.54, 1.807) is 19.5 Å². The zero-order valence-corrected chi connectivity index (χ0v) is 11.2. The molecular weight excluding hydrogens is 258 g/mol. The minimum Gasteiger partial charge on any atom is -0.467 e. The Morgan fingerprint density at radius 1 is 1.45 bits per heavy atom. The number of aromatic amines is 1. The van der Waals surface area contributed by atoms with Crippen LogP contribution in [0.2, 0.25) is 0 Å². The van der Waals surface area contributed by atoms with Crippen molar-refractivity contribution in [3.8, 4) is 6.01 Å². The molecule has 0 radical (unpaired) electrons. The number of hydrogen-bond acceptors (Lipinski definition) is 6. The fourth-order valence-electron chi connectivity index (χ4n) is 2.34. The van der Waals surface area contributed by atoms with E-state index in [4.69, 9.17) is 9.47 Å². The number of nitrogens with one attached hydrogen (secondary N) is 2. The number of hydrogen-bond donors (Lipinski definition) is 2. The second kappa shape index (κ2) is 5.98. The Morgan fingerprint density at radius 3 is 3.20 bits per heavy atom. The van der Waals surface area contributed by atoms with Crippen LogP contribution in [-0.4, -0.2) is 39.9 Å². The molecule has 7 nitrogen and oxygen atoms in total. The standard InChI is InChI=1S/C13H17N5O2/c1-19-13-14-5-2-9(17-13)8-15-10-4-7-20-12(10)11-3-6-16-18-11/h2-3,5-6,10,12,15H,4,7-8H2,1H3,(H,16,18)/t10-,12-/m0/s1. The van der Waals surface area contributed by atoms with E-state index in [1.807, 2.05) is 12.1 Å². The van der Waals surface area contributed by atoms with Crippen LogP contribution in [0.15, 0.2) is 24.5 Å². The van der Waals surface area contributed by atoms with Gasteiger partial charge in [0, 0.05) is 31.6 Å². The van der Waals surface area contributed by atoms with Crippen molar-refractivity contribution in [1.82, 2.24) is 25.5 Å². The first kappa shape index (κ1) is 13.0. The number of rotatable bonds is 5. The van der Waals surface area contributed by atoms with E-state index in [1.165, 1.54) is 0 Å². The lowest BCUT2D eigenvalue weighted by molar-refractivity contribution is 0.0950. The smallest absolute Gasteiger partial charge is 0.316 e. The zero-order valence-electron chi connectivity index (χ0n) is 11.2. The fraction of sp³-hybridized carbons (Fsp3) is 0.462. The van der Waals surface area contributed by atoms with Gasteiger partial charge in [-0.15, -0.1) is 0 Å². The van der Waals surface area contributed by atoms with Crippen molar-refractivity contribution in [2.45, 2.75) is 25.1 Å². The maximum Gasteiger partial charge on any atom is 0.316 e. The van der Waals surface area contributed by atoms with E-state index in [0.29, 0.717) is 12.6 Å². The van der Waals surface area contributed by atoms with Crippen molar-refractivity contribution in [3.63, 3.8) is 0 Å². The van der Waals surface area contributed by atoms with Crippen LogP contribution in [0, 0.1) is 0 Å². The minimum absolute atomic E-state index is 0.0150. The van der Waals surface area contributed by atoms with Crippen LogP contribution in [-0.2, 0) is 11.3 Å². The van der Waals surface area contributed by atoms with Gasteiger partial charge in [-0.3, -0.25) is 5.10 Å².